The number of anilines is 2. The van der Waals surface area contributed by atoms with Gasteiger partial charge in [0, 0.05) is 17.8 Å². The van der Waals surface area contributed by atoms with Crippen LogP contribution in [0.3, 0.4) is 0 Å². The lowest BCUT2D eigenvalue weighted by molar-refractivity contribution is 0.101. The van der Waals surface area contributed by atoms with Crippen LogP contribution < -0.4 is 10.6 Å². The van der Waals surface area contributed by atoms with Gasteiger partial charge in [0.1, 0.15) is 0 Å². The molecule has 10 heteroatoms. The molecule has 0 spiro atoms. The molecule has 0 aliphatic carbocycles. The lowest BCUT2D eigenvalue weighted by Crippen LogP contribution is -2.12. The average Bonchev–Trinajstić information content (AvgIpc) is 3.35. The predicted octanol–water partition coefficient (Wildman–Crippen LogP) is 5.13. The van der Waals surface area contributed by atoms with Gasteiger partial charge in [-0.15, -0.1) is 11.3 Å². The first-order valence-electron chi connectivity index (χ1n) is 8.72. The molecular weight excluding hydrogens is 442 g/mol. The topological polar surface area (TPSA) is 96.9 Å². The van der Waals surface area contributed by atoms with Crippen LogP contribution in [0.2, 0.25) is 5.02 Å². The van der Waals surface area contributed by atoms with Crippen LogP contribution in [0.5, 0.6) is 0 Å². The molecule has 30 heavy (non-hydrogen) atoms. The fourth-order valence-electron chi connectivity index (χ4n) is 2.60. The zero-order valence-electron chi connectivity index (χ0n) is 15.5. The molecule has 3 heterocycles. The van der Waals surface area contributed by atoms with Crippen LogP contribution in [0.1, 0.15) is 26.4 Å². The van der Waals surface area contributed by atoms with Gasteiger partial charge < -0.3 is 0 Å². The summed E-state index contributed by atoms with van der Waals surface area (Å²) in [6, 6.07) is 10.2. The van der Waals surface area contributed by atoms with Crippen molar-refractivity contribution in [3.05, 3.63) is 76.0 Å². The Morgan fingerprint density at radius 3 is 2.57 bits per heavy atom. The molecular formula is C20H14ClN5O2S2. The van der Waals surface area contributed by atoms with Gasteiger partial charge in [0.05, 0.1) is 32.4 Å². The van der Waals surface area contributed by atoms with E-state index in [-0.39, 0.29) is 11.8 Å². The van der Waals surface area contributed by atoms with Gasteiger partial charge in [0.25, 0.3) is 11.8 Å². The molecule has 0 fully saturated rings. The zero-order chi connectivity index (χ0) is 21.1. The Bertz CT molecular complexity index is 1220. The third kappa shape index (κ3) is 4.38. The summed E-state index contributed by atoms with van der Waals surface area (Å²) in [5, 5.41) is 8.65. The highest BCUT2D eigenvalue weighted by atomic mass is 35.5. The first kappa shape index (κ1) is 20.1. The minimum Gasteiger partial charge on any atom is -0.298 e. The zero-order valence-corrected chi connectivity index (χ0v) is 17.9. The van der Waals surface area contributed by atoms with E-state index in [1.807, 2.05) is 12.3 Å². The molecule has 4 aromatic rings. The molecule has 0 aliphatic heterocycles. The number of nitrogens with zero attached hydrogens (tertiary/aromatic N) is 3. The number of aromatic nitrogens is 3. The molecule has 0 saturated carbocycles. The molecule has 0 aliphatic rings. The number of hydrogen-bond donors (Lipinski definition) is 2. The van der Waals surface area contributed by atoms with Crippen molar-refractivity contribution in [2.24, 2.45) is 0 Å². The third-order valence-electron chi connectivity index (χ3n) is 4.02. The molecule has 2 N–H and O–H groups in total. The Balaban J connectivity index is 1.49. The van der Waals surface area contributed by atoms with Crippen LogP contribution in [0.25, 0.3) is 10.6 Å². The summed E-state index contributed by atoms with van der Waals surface area (Å²) in [6.45, 7) is 1.84. The Kier molecular flexibility index (Phi) is 5.84. The van der Waals surface area contributed by atoms with E-state index in [1.165, 1.54) is 28.9 Å². The largest absolute Gasteiger partial charge is 0.298 e. The Labute approximate surface area is 184 Å². The van der Waals surface area contributed by atoms with Crippen LogP contribution >= 0.6 is 34.3 Å². The maximum atomic E-state index is 12.5. The fraction of sp³-hybridized carbons (Fsp3) is 0.0500. The number of halogens is 1. The van der Waals surface area contributed by atoms with Crippen LogP contribution in [0.4, 0.5) is 10.3 Å². The molecule has 2 amide bonds. The number of pyridine rings is 1. The molecule has 0 bridgehead atoms. The van der Waals surface area contributed by atoms with E-state index in [0.29, 0.717) is 32.1 Å². The van der Waals surface area contributed by atoms with E-state index < -0.39 is 0 Å². The molecule has 7 nitrogen and oxygen atoms in total. The van der Waals surface area contributed by atoms with Gasteiger partial charge in [-0.1, -0.05) is 35.1 Å². The number of carbonyl (C=O) groups excluding carboxylic acids is 2. The summed E-state index contributed by atoms with van der Waals surface area (Å²) in [4.78, 5) is 38.4. The third-order valence-corrected chi connectivity index (χ3v) is 6.20. The second-order valence-electron chi connectivity index (χ2n) is 6.10. The fourth-order valence-corrected chi connectivity index (χ4v) is 4.51. The van der Waals surface area contributed by atoms with E-state index in [2.05, 4.69) is 25.6 Å². The lowest BCUT2D eigenvalue weighted by Gasteiger charge is -2.03. The highest BCUT2D eigenvalue weighted by molar-refractivity contribution is 7.20. The van der Waals surface area contributed by atoms with Crippen LogP contribution in [0.15, 0.2) is 54.2 Å². The monoisotopic (exact) mass is 455 g/mol. The molecule has 0 saturated heterocycles. The van der Waals surface area contributed by atoms with Crippen molar-refractivity contribution in [1.82, 2.24) is 15.0 Å². The molecule has 0 unspecified atom stereocenters. The summed E-state index contributed by atoms with van der Waals surface area (Å²) in [5.74, 6) is -0.610. The highest BCUT2D eigenvalue weighted by Crippen LogP contribution is 2.35. The van der Waals surface area contributed by atoms with Gasteiger partial charge in [0.2, 0.25) is 0 Å². The molecule has 1 aromatic carbocycles. The molecule has 150 valence electrons. The van der Waals surface area contributed by atoms with Crippen molar-refractivity contribution in [2.45, 2.75) is 6.92 Å². The number of thiazole rings is 2. The van der Waals surface area contributed by atoms with Gasteiger partial charge in [-0.2, -0.15) is 0 Å². The van der Waals surface area contributed by atoms with Crippen molar-refractivity contribution < 1.29 is 9.59 Å². The number of rotatable bonds is 5. The van der Waals surface area contributed by atoms with Gasteiger partial charge >= 0.3 is 0 Å². The lowest BCUT2D eigenvalue weighted by atomic mass is 10.2. The highest BCUT2D eigenvalue weighted by Gasteiger charge is 2.17. The van der Waals surface area contributed by atoms with Crippen LogP contribution in [-0.4, -0.2) is 26.8 Å². The van der Waals surface area contributed by atoms with Gasteiger partial charge in [-0.25, -0.2) is 9.97 Å². The van der Waals surface area contributed by atoms with Crippen LogP contribution in [0, 0.1) is 6.92 Å². The number of aryl methyl sites for hydroxylation is 1. The Morgan fingerprint density at radius 2 is 1.80 bits per heavy atom. The molecule has 0 radical (unpaired) electrons. The summed E-state index contributed by atoms with van der Waals surface area (Å²) < 4.78 is 0. The first-order valence-corrected chi connectivity index (χ1v) is 10.8. The summed E-state index contributed by atoms with van der Waals surface area (Å²) in [7, 11) is 0. The summed E-state index contributed by atoms with van der Waals surface area (Å²) in [5.41, 5.74) is 2.23. The van der Waals surface area contributed by atoms with Crippen LogP contribution in [-0.2, 0) is 0 Å². The van der Waals surface area contributed by atoms with E-state index >= 15 is 0 Å². The number of benzene rings is 1. The maximum absolute atomic E-state index is 12.5. The summed E-state index contributed by atoms with van der Waals surface area (Å²) in [6.07, 6.45) is 3.10. The molecule has 0 atom stereocenters. The Hall–Kier alpha value is -3.14. The number of amides is 2. The van der Waals surface area contributed by atoms with Crippen molar-refractivity contribution in [2.75, 3.05) is 10.6 Å². The smallest absolute Gasteiger partial charge is 0.259 e. The maximum Gasteiger partial charge on any atom is 0.259 e. The van der Waals surface area contributed by atoms with E-state index in [0.717, 1.165) is 10.6 Å². The summed E-state index contributed by atoms with van der Waals surface area (Å²) >= 11 is 8.70. The van der Waals surface area contributed by atoms with E-state index in [9.17, 15) is 9.59 Å². The number of nitrogens with one attached hydrogen (secondary N) is 2. The minimum absolute atomic E-state index is 0.280. The number of hydrogen-bond acceptors (Lipinski definition) is 7. The van der Waals surface area contributed by atoms with Crippen molar-refractivity contribution in [1.29, 1.82) is 0 Å². The van der Waals surface area contributed by atoms with E-state index in [4.69, 9.17) is 11.6 Å². The second-order valence-corrected chi connectivity index (χ2v) is 8.37. The van der Waals surface area contributed by atoms with E-state index in [1.54, 1.807) is 42.6 Å². The Morgan fingerprint density at radius 1 is 1.00 bits per heavy atom. The normalized spacial score (nSPS) is 10.6. The van der Waals surface area contributed by atoms with Crippen molar-refractivity contribution in [3.63, 3.8) is 0 Å². The van der Waals surface area contributed by atoms with Gasteiger partial charge in [0.15, 0.2) is 10.3 Å². The predicted molar refractivity (Wildman–Crippen MR) is 120 cm³/mol. The molecule has 3 aromatic heterocycles. The second kappa shape index (κ2) is 8.70. The van der Waals surface area contributed by atoms with Crippen molar-refractivity contribution >= 4 is 56.4 Å². The first-order chi connectivity index (χ1) is 14.5. The van der Waals surface area contributed by atoms with Gasteiger partial charge in [-0.05, 0) is 31.2 Å². The van der Waals surface area contributed by atoms with Crippen molar-refractivity contribution in [3.8, 4) is 10.6 Å². The molecule has 4 rings (SSSR count). The average molecular weight is 456 g/mol. The quantitative estimate of drug-likeness (QED) is 0.435. The van der Waals surface area contributed by atoms with Gasteiger partial charge in [-0.3, -0.25) is 25.2 Å². The standard InChI is InChI=1S/C20H14ClN5O2S2/c1-11-16(30-20(23-11)26-18(28)13-6-2-3-7-14(13)21)15-10-29-19(24-15)25-17(27)12-5-4-8-22-9-12/h2-10H,1H3,(H,23,26,28)(H,24,25,27). The SMILES string of the molecule is Cc1nc(NC(=O)c2ccccc2Cl)sc1-c1csc(NC(=O)c2cccnc2)n1. The number of carbonyl (C=O) groups is 2. The minimum atomic E-state index is -0.330.